The van der Waals surface area contributed by atoms with Crippen molar-refractivity contribution in [3.05, 3.63) is 33.4 Å². The lowest BCUT2D eigenvalue weighted by molar-refractivity contribution is 0.0546. The lowest BCUT2D eigenvalue weighted by Crippen LogP contribution is -2.22. The quantitative estimate of drug-likeness (QED) is 0.370. The van der Waals surface area contributed by atoms with Gasteiger partial charge < -0.3 is 14.0 Å². The van der Waals surface area contributed by atoms with Crippen LogP contribution in [0, 0.1) is 0 Å². The number of ether oxygens (including phenoxy) is 2. The standard InChI is InChI=1S/C16H21BrClNO3Si/c1-21-16(20)15-9-12-13(17)7-11(18)8-14(12)19(15)10-22-5-6-23(2,3)4/h7-9H,5-6,10H2,1-4H3. The number of hydrogen-bond acceptors (Lipinski definition) is 3. The maximum Gasteiger partial charge on any atom is 0.354 e. The highest BCUT2D eigenvalue weighted by Gasteiger charge is 2.19. The first-order valence-electron chi connectivity index (χ1n) is 7.37. The van der Waals surface area contributed by atoms with E-state index in [9.17, 15) is 4.79 Å². The van der Waals surface area contributed by atoms with Gasteiger partial charge in [0.25, 0.3) is 0 Å². The number of benzene rings is 1. The third kappa shape index (κ3) is 4.59. The monoisotopic (exact) mass is 417 g/mol. The van der Waals surface area contributed by atoms with Crippen LogP contribution in [0.3, 0.4) is 0 Å². The fourth-order valence-electron chi connectivity index (χ4n) is 2.23. The molecule has 2 aromatic rings. The van der Waals surface area contributed by atoms with Gasteiger partial charge in [-0.15, -0.1) is 0 Å². The number of carbonyl (C=O) groups is 1. The van der Waals surface area contributed by atoms with Gasteiger partial charge in [-0.3, -0.25) is 0 Å². The highest BCUT2D eigenvalue weighted by molar-refractivity contribution is 9.10. The highest BCUT2D eigenvalue weighted by Crippen LogP contribution is 2.31. The third-order valence-corrected chi connectivity index (χ3v) is 6.12. The average Bonchev–Trinajstić information content (AvgIpc) is 2.81. The van der Waals surface area contributed by atoms with Gasteiger partial charge in [-0.05, 0) is 24.2 Å². The van der Waals surface area contributed by atoms with Crippen LogP contribution in [0.2, 0.25) is 30.7 Å². The summed E-state index contributed by atoms with van der Waals surface area (Å²) in [7, 11) is 0.226. The Kier molecular flexibility index (Phi) is 5.94. The number of hydrogen-bond donors (Lipinski definition) is 0. The van der Waals surface area contributed by atoms with E-state index < -0.39 is 14.0 Å². The van der Waals surface area contributed by atoms with Crippen molar-refractivity contribution >= 4 is 52.5 Å². The van der Waals surface area contributed by atoms with Crippen molar-refractivity contribution in [2.24, 2.45) is 0 Å². The van der Waals surface area contributed by atoms with Crippen molar-refractivity contribution < 1.29 is 14.3 Å². The van der Waals surface area contributed by atoms with Gasteiger partial charge in [-0.25, -0.2) is 4.79 Å². The van der Waals surface area contributed by atoms with E-state index in [2.05, 4.69) is 35.6 Å². The van der Waals surface area contributed by atoms with Crippen LogP contribution in [0.1, 0.15) is 10.5 Å². The minimum atomic E-state index is -1.15. The fraction of sp³-hybridized carbons (Fsp3) is 0.438. The Balaban J connectivity index is 2.33. The lowest BCUT2D eigenvalue weighted by Gasteiger charge is -2.16. The number of nitrogens with zero attached hydrogens (tertiary/aromatic N) is 1. The summed E-state index contributed by atoms with van der Waals surface area (Å²) in [4.78, 5) is 12.1. The fourth-order valence-corrected chi connectivity index (χ4v) is 3.89. The number of rotatable bonds is 6. The molecule has 0 radical (unpaired) electrons. The van der Waals surface area contributed by atoms with Gasteiger partial charge in [0.2, 0.25) is 0 Å². The van der Waals surface area contributed by atoms with Crippen molar-refractivity contribution in [2.75, 3.05) is 13.7 Å². The number of halogens is 2. The van der Waals surface area contributed by atoms with Crippen LogP contribution in [0.4, 0.5) is 0 Å². The molecule has 4 nitrogen and oxygen atoms in total. The summed E-state index contributed by atoms with van der Waals surface area (Å²) in [5.74, 6) is -0.391. The molecule has 0 aliphatic heterocycles. The predicted octanol–water partition coefficient (Wildman–Crippen LogP) is 5.16. The molecule has 0 aliphatic rings. The molecule has 0 atom stereocenters. The molecule has 0 saturated heterocycles. The van der Waals surface area contributed by atoms with Gasteiger partial charge in [-0.1, -0.05) is 47.2 Å². The number of esters is 1. The van der Waals surface area contributed by atoms with Crippen LogP contribution in [0.5, 0.6) is 0 Å². The van der Waals surface area contributed by atoms with Crippen LogP contribution >= 0.6 is 27.5 Å². The van der Waals surface area contributed by atoms with Gasteiger partial charge in [0.1, 0.15) is 12.4 Å². The van der Waals surface area contributed by atoms with Crippen LogP contribution < -0.4 is 0 Å². The van der Waals surface area contributed by atoms with Crippen molar-refractivity contribution in [1.29, 1.82) is 0 Å². The van der Waals surface area contributed by atoms with Crippen molar-refractivity contribution in [2.45, 2.75) is 32.4 Å². The van der Waals surface area contributed by atoms with Crippen LogP contribution in [-0.4, -0.2) is 32.3 Å². The van der Waals surface area contributed by atoms with E-state index in [1.807, 2.05) is 10.6 Å². The molecule has 0 bridgehead atoms. The average molecular weight is 419 g/mol. The van der Waals surface area contributed by atoms with Gasteiger partial charge in [0.15, 0.2) is 0 Å². The molecule has 2 rings (SSSR count). The summed E-state index contributed by atoms with van der Waals surface area (Å²) in [6, 6.07) is 6.50. The molecule has 1 heterocycles. The van der Waals surface area contributed by atoms with Crippen LogP contribution in [0.15, 0.2) is 22.7 Å². The summed E-state index contributed by atoms with van der Waals surface area (Å²) < 4.78 is 13.3. The SMILES string of the molecule is COC(=O)c1cc2c(Br)cc(Cl)cc2n1COCC[Si](C)(C)C. The van der Waals surface area contributed by atoms with E-state index in [4.69, 9.17) is 21.1 Å². The Morgan fingerprint density at radius 1 is 1.30 bits per heavy atom. The van der Waals surface area contributed by atoms with E-state index >= 15 is 0 Å². The van der Waals surface area contributed by atoms with Crippen LogP contribution in [0.25, 0.3) is 10.9 Å². The van der Waals surface area contributed by atoms with Crippen molar-refractivity contribution in [3.63, 3.8) is 0 Å². The molecular weight excluding hydrogens is 398 g/mol. The molecule has 23 heavy (non-hydrogen) atoms. The minimum Gasteiger partial charge on any atom is -0.464 e. The molecule has 0 unspecified atom stereocenters. The zero-order valence-electron chi connectivity index (χ0n) is 13.8. The maximum absolute atomic E-state index is 12.1. The molecule has 126 valence electrons. The lowest BCUT2D eigenvalue weighted by atomic mass is 10.2. The van der Waals surface area contributed by atoms with Crippen molar-refractivity contribution in [3.8, 4) is 0 Å². The Hall–Kier alpha value is -0.823. The van der Waals surface area contributed by atoms with Crippen molar-refractivity contribution in [1.82, 2.24) is 4.57 Å². The van der Waals surface area contributed by atoms with E-state index in [-0.39, 0.29) is 0 Å². The zero-order chi connectivity index (χ0) is 17.2. The summed E-state index contributed by atoms with van der Waals surface area (Å²) >= 11 is 9.63. The first-order valence-corrected chi connectivity index (χ1v) is 12.2. The number of carbonyl (C=O) groups excluding carboxylic acids is 1. The second-order valence-electron chi connectivity index (χ2n) is 6.62. The zero-order valence-corrected chi connectivity index (χ0v) is 17.1. The van der Waals surface area contributed by atoms with E-state index in [1.54, 1.807) is 12.1 Å². The number of aromatic nitrogens is 1. The molecule has 1 aromatic carbocycles. The summed E-state index contributed by atoms with van der Waals surface area (Å²) in [6.07, 6.45) is 0. The Morgan fingerprint density at radius 2 is 2.00 bits per heavy atom. The minimum absolute atomic E-state index is 0.297. The third-order valence-electron chi connectivity index (χ3n) is 3.55. The maximum atomic E-state index is 12.1. The Labute approximate surface area is 150 Å². The molecule has 0 fully saturated rings. The summed E-state index contributed by atoms with van der Waals surface area (Å²) in [5, 5.41) is 1.51. The molecule has 0 N–H and O–H groups in total. The first-order chi connectivity index (χ1) is 10.7. The molecule has 1 aromatic heterocycles. The molecule has 0 aliphatic carbocycles. The van der Waals surface area contributed by atoms with E-state index in [0.717, 1.165) is 21.4 Å². The predicted molar refractivity (Wildman–Crippen MR) is 100 cm³/mol. The second-order valence-corrected chi connectivity index (χ2v) is 13.5. The van der Waals surface area contributed by atoms with Crippen LogP contribution in [-0.2, 0) is 16.2 Å². The Bertz CT molecular complexity index is 724. The van der Waals surface area contributed by atoms with Gasteiger partial charge >= 0.3 is 5.97 Å². The number of fused-ring (bicyclic) bond motifs is 1. The first kappa shape index (κ1) is 18.5. The topological polar surface area (TPSA) is 40.5 Å². The molecule has 0 saturated carbocycles. The summed E-state index contributed by atoms with van der Waals surface area (Å²) in [5.41, 5.74) is 1.30. The largest absolute Gasteiger partial charge is 0.464 e. The number of methoxy groups -OCH3 is 1. The Morgan fingerprint density at radius 3 is 2.61 bits per heavy atom. The van der Waals surface area contributed by atoms with Gasteiger partial charge in [0.05, 0.1) is 12.6 Å². The van der Waals surface area contributed by atoms with E-state index in [1.165, 1.54) is 7.11 Å². The van der Waals surface area contributed by atoms with Gasteiger partial charge in [-0.2, -0.15) is 0 Å². The van der Waals surface area contributed by atoms with E-state index in [0.29, 0.717) is 24.1 Å². The van der Waals surface area contributed by atoms with Gasteiger partial charge in [0, 0.05) is 29.6 Å². The normalized spacial score (nSPS) is 11.9. The molecule has 0 spiro atoms. The molecular formula is C16H21BrClNO3Si. The molecule has 0 amide bonds. The second kappa shape index (κ2) is 7.38. The smallest absolute Gasteiger partial charge is 0.354 e. The highest BCUT2D eigenvalue weighted by atomic mass is 79.9. The summed E-state index contributed by atoms with van der Waals surface area (Å²) in [6.45, 7) is 7.89. The molecule has 7 heteroatoms.